The Balaban J connectivity index is 2.12. The molecule has 0 aliphatic carbocycles. The van der Waals surface area contributed by atoms with Crippen LogP contribution in [0.2, 0.25) is 0 Å². The molecule has 2 aromatic rings. The highest BCUT2D eigenvalue weighted by Gasteiger charge is 2.08. The van der Waals surface area contributed by atoms with Crippen molar-refractivity contribution in [2.24, 2.45) is 0 Å². The zero-order valence-electron chi connectivity index (χ0n) is 9.36. The first kappa shape index (κ1) is 10.5. The number of hydrogen-bond donors (Lipinski definition) is 3. The van der Waals surface area contributed by atoms with E-state index >= 15 is 0 Å². The Morgan fingerprint density at radius 3 is 2.88 bits per heavy atom. The van der Waals surface area contributed by atoms with E-state index in [9.17, 15) is 0 Å². The number of hydrogen-bond acceptors (Lipinski definition) is 4. The van der Waals surface area contributed by atoms with E-state index in [1.54, 1.807) is 0 Å². The highest BCUT2D eigenvalue weighted by molar-refractivity contribution is 5.58. The summed E-state index contributed by atoms with van der Waals surface area (Å²) in [4.78, 5) is 4.09. The maximum absolute atomic E-state index is 5.84. The minimum absolute atomic E-state index is 0.0737. The number of benzene rings is 1. The molecule has 1 unspecified atom stereocenters. The van der Waals surface area contributed by atoms with Crippen molar-refractivity contribution < 1.29 is 0 Å². The van der Waals surface area contributed by atoms with Crippen molar-refractivity contribution in [3.8, 4) is 0 Å². The van der Waals surface area contributed by atoms with Crippen LogP contribution >= 0.6 is 0 Å². The van der Waals surface area contributed by atoms with Crippen LogP contribution < -0.4 is 11.1 Å². The van der Waals surface area contributed by atoms with Crippen LogP contribution in [0, 0.1) is 6.92 Å². The first-order valence-electron chi connectivity index (χ1n) is 5.15. The van der Waals surface area contributed by atoms with Crippen molar-refractivity contribution in [3.63, 3.8) is 0 Å². The Bertz CT molecular complexity index is 463. The summed E-state index contributed by atoms with van der Waals surface area (Å²) in [5.41, 5.74) is 8.69. The molecule has 0 radical (unpaired) electrons. The summed E-state index contributed by atoms with van der Waals surface area (Å²) in [5, 5.41) is 9.94. The van der Waals surface area contributed by atoms with E-state index in [1.807, 2.05) is 32.0 Å². The van der Waals surface area contributed by atoms with Gasteiger partial charge in [0.1, 0.15) is 12.2 Å². The molecule has 0 saturated carbocycles. The summed E-state index contributed by atoms with van der Waals surface area (Å²) in [6.45, 7) is 4.00. The van der Waals surface area contributed by atoms with Gasteiger partial charge in [-0.15, -0.1) is 0 Å². The SMILES string of the molecule is Cc1ccc(NC(C)c2ncn[nH]2)cc1N. The summed E-state index contributed by atoms with van der Waals surface area (Å²) in [5.74, 6) is 0.805. The van der Waals surface area contributed by atoms with Crippen molar-refractivity contribution in [3.05, 3.63) is 35.9 Å². The molecule has 2 rings (SSSR count). The Hall–Kier alpha value is -2.04. The fourth-order valence-electron chi connectivity index (χ4n) is 1.47. The molecule has 0 amide bonds. The number of aromatic nitrogens is 3. The quantitative estimate of drug-likeness (QED) is 0.686. The molecular formula is C11H15N5. The van der Waals surface area contributed by atoms with Gasteiger partial charge in [0.05, 0.1) is 6.04 Å². The monoisotopic (exact) mass is 217 g/mol. The number of aryl methyl sites for hydroxylation is 1. The van der Waals surface area contributed by atoms with Crippen LogP contribution in [-0.2, 0) is 0 Å². The largest absolute Gasteiger partial charge is 0.398 e. The molecule has 5 nitrogen and oxygen atoms in total. The second-order valence-corrected chi connectivity index (χ2v) is 3.81. The summed E-state index contributed by atoms with van der Waals surface area (Å²) < 4.78 is 0. The van der Waals surface area contributed by atoms with E-state index in [1.165, 1.54) is 6.33 Å². The molecule has 5 heteroatoms. The lowest BCUT2D eigenvalue weighted by Crippen LogP contribution is -2.08. The van der Waals surface area contributed by atoms with E-state index < -0.39 is 0 Å². The fraction of sp³-hybridized carbons (Fsp3) is 0.273. The molecule has 1 heterocycles. The van der Waals surface area contributed by atoms with Crippen LogP contribution in [0.15, 0.2) is 24.5 Å². The standard InChI is InChI=1S/C11H15N5/c1-7-3-4-9(5-10(7)12)15-8(2)11-13-6-14-16-11/h3-6,8,15H,12H2,1-2H3,(H,13,14,16). The molecule has 0 aliphatic rings. The number of H-pyrrole nitrogens is 1. The van der Waals surface area contributed by atoms with Crippen LogP contribution in [0.25, 0.3) is 0 Å². The van der Waals surface area contributed by atoms with Crippen LogP contribution in [-0.4, -0.2) is 15.2 Å². The van der Waals surface area contributed by atoms with E-state index in [0.29, 0.717) is 0 Å². The number of nitrogens with zero attached hydrogens (tertiary/aromatic N) is 2. The van der Waals surface area contributed by atoms with Gasteiger partial charge in [-0.1, -0.05) is 6.07 Å². The summed E-state index contributed by atoms with van der Waals surface area (Å²) in [6.07, 6.45) is 1.50. The Kier molecular flexibility index (Phi) is 2.76. The van der Waals surface area contributed by atoms with Gasteiger partial charge in [-0.2, -0.15) is 5.10 Å². The van der Waals surface area contributed by atoms with Crippen molar-refractivity contribution in [1.82, 2.24) is 15.2 Å². The molecule has 0 fully saturated rings. The highest BCUT2D eigenvalue weighted by Crippen LogP contribution is 2.20. The summed E-state index contributed by atoms with van der Waals surface area (Å²) in [6, 6.07) is 5.98. The molecular weight excluding hydrogens is 202 g/mol. The normalized spacial score (nSPS) is 12.4. The van der Waals surface area contributed by atoms with Crippen LogP contribution in [0.4, 0.5) is 11.4 Å². The molecule has 1 aromatic heterocycles. The van der Waals surface area contributed by atoms with Crippen LogP contribution in [0.1, 0.15) is 24.4 Å². The van der Waals surface area contributed by atoms with Crippen molar-refractivity contribution >= 4 is 11.4 Å². The third-order valence-corrected chi connectivity index (χ3v) is 2.51. The maximum atomic E-state index is 5.84. The smallest absolute Gasteiger partial charge is 0.146 e. The molecule has 0 saturated heterocycles. The fourth-order valence-corrected chi connectivity index (χ4v) is 1.47. The predicted molar refractivity (Wildman–Crippen MR) is 64.0 cm³/mol. The molecule has 0 spiro atoms. The lowest BCUT2D eigenvalue weighted by atomic mass is 10.1. The second kappa shape index (κ2) is 4.22. The van der Waals surface area contributed by atoms with Crippen LogP contribution in [0.3, 0.4) is 0 Å². The summed E-state index contributed by atoms with van der Waals surface area (Å²) >= 11 is 0. The Labute approximate surface area is 94.1 Å². The maximum Gasteiger partial charge on any atom is 0.146 e. The first-order chi connectivity index (χ1) is 7.66. The van der Waals surface area contributed by atoms with Gasteiger partial charge in [-0.05, 0) is 31.5 Å². The highest BCUT2D eigenvalue weighted by atomic mass is 15.2. The van der Waals surface area contributed by atoms with Crippen molar-refractivity contribution in [2.45, 2.75) is 19.9 Å². The molecule has 1 atom stereocenters. The number of nitrogens with one attached hydrogen (secondary N) is 2. The lowest BCUT2D eigenvalue weighted by Gasteiger charge is -2.13. The van der Waals surface area contributed by atoms with E-state index in [4.69, 9.17) is 5.73 Å². The van der Waals surface area contributed by atoms with Crippen LogP contribution in [0.5, 0.6) is 0 Å². The molecule has 0 aliphatic heterocycles. The molecule has 16 heavy (non-hydrogen) atoms. The van der Waals surface area contributed by atoms with Gasteiger partial charge in [0.15, 0.2) is 0 Å². The Morgan fingerprint density at radius 1 is 1.44 bits per heavy atom. The molecule has 4 N–H and O–H groups in total. The minimum Gasteiger partial charge on any atom is -0.398 e. The number of aromatic amines is 1. The van der Waals surface area contributed by atoms with Gasteiger partial charge in [0, 0.05) is 11.4 Å². The van der Waals surface area contributed by atoms with Gasteiger partial charge >= 0.3 is 0 Å². The Morgan fingerprint density at radius 2 is 2.25 bits per heavy atom. The topological polar surface area (TPSA) is 79.6 Å². The lowest BCUT2D eigenvalue weighted by molar-refractivity contribution is 0.796. The minimum atomic E-state index is 0.0737. The number of anilines is 2. The molecule has 84 valence electrons. The van der Waals surface area contributed by atoms with Gasteiger partial charge < -0.3 is 11.1 Å². The molecule has 0 bridgehead atoms. The van der Waals surface area contributed by atoms with E-state index in [2.05, 4.69) is 20.5 Å². The number of rotatable bonds is 3. The van der Waals surface area contributed by atoms with Crippen molar-refractivity contribution in [1.29, 1.82) is 0 Å². The van der Waals surface area contributed by atoms with Gasteiger partial charge in [0.2, 0.25) is 0 Å². The zero-order valence-corrected chi connectivity index (χ0v) is 9.36. The second-order valence-electron chi connectivity index (χ2n) is 3.81. The van der Waals surface area contributed by atoms with Gasteiger partial charge in [-0.3, -0.25) is 5.10 Å². The number of nitrogen functional groups attached to an aromatic ring is 1. The third-order valence-electron chi connectivity index (χ3n) is 2.51. The third kappa shape index (κ3) is 2.13. The van der Waals surface area contributed by atoms with E-state index in [0.717, 1.165) is 22.8 Å². The predicted octanol–water partition coefficient (Wildman–Crippen LogP) is 1.87. The van der Waals surface area contributed by atoms with Gasteiger partial charge in [0.25, 0.3) is 0 Å². The van der Waals surface area contributed by atoms with Gasteiger partial charge in [-0.25, -0.2) is 4.98 Å². The summed E-state index contributed by atoms with van der Waals surface area (Å²) in [7, 11) is 0. The van der Waals surface area contributed by atoms with Crippen molar-refractivity contribution in [2.75, 3.05) is 11.1 Å². The molecule has 1 aromatic carbocycles. The number of nitrogens with two attached hydrogens (primary N) is 1. The first-order valence-corrected chi connectivity index (χ1v) is 5.15. The average molecular weight is 217 g/mol. The average Bonchev–Trinajstić information content (AvgIpc) is 2.77. The zero-order chi connectivity index (χ0) is 11.5. The van der Waals surface area contributed by atoms with E-state index in [-0.39, 0.29) is 6.04 Å².